The highest BCUT2D eigenvalue weighted by Crippen LogP contribution is 2.45. The van der Waals surface area contributed by atoms with Gasteiger partial charge in [0.2, 0.25) is 0 Å². The van der Waals surface area contributed by atoms with E-state index in [9.17, 15) is 0 Å². The van der Waals surface area contributed by atoms with Gasteiger partial charge < -0.3 is 9.47 Å². The first kappa shape index (κ1) is 18.2. The molecule has 1 aromatic carbocycles. The van der Waals surface area contributed by atoms with Crippen molar-refractivity contribution in [3.8, 4) is 5.75 Å². The van der Waals surface area contributed by atoms with Gasteiger partial charge in [0, 0.05) is 26.8 Å². The number of thiocarbonyl (C=S) groups is 1. The van der Waals surface area contributed by atoms with Crippen LogP contribution in [0.1, 0.15) is 17.9 Å². The number of fused-ring (bicyclic) bond motifs is 1. The second-order valence-corrected chi connectivity index (χ2v) is 8.86. The number of hydrogen-bond donors (Lipinski definition) is 0. The smallest absolute Gasteiger partial charge is 0.176 e. The van der Waals surface area contributed by atoms with Crippen LogP contribution in [0.4, 0.5) is 0 Å². The van der Waals surface area contributed by atoms with Crippen molar-refractivity contribution in [1.82, 2.24) is 4.31 Å². The summed E-state index contributed by atoms with van der Waals surface area (Å²) in [7, 11) is 1.73. The second kappa shape index (κ2) is 8.65. The summed E-state index contributed by atoms with van der Waals surface area (Å²) in [6.07, 6.45) is 0.983. The van der Waals surface area contributed by atoms with Crippen LogP contribution in [0.15, 0.2) is 40.6 Å². The molecule has 3 rings (SSSR count). The molecule has 7 heteroatoms. The first-order valence-corrected chi connectivity index (χ1v) is 10.0. The molecule has 1 unspecified atom stereocenters. The molecule has 0 N–H and O–H groups in total. The minimum absolute atomic E-state index is 0.0442. The van der Waals surface area contributed by atoms with E-state index < -0.39 is 0 Å². The lowest BCUT2D eigenvalue weighted by Crippen LogP contribution is -2.33. The summed E-state index contributed by atoms with van der Waals surface area (Å²) in [5.74, 6) is 0.817. The van der Waals surface area contributed by atoms with Crippen LogP contribution >= 0.6 is 47.1 Å². The van der Waals surface area contributed by atoms with Gasteiger partial charge in [-0.25, -0.2) is 4.31 Å². The third-order valence-corrected chi connectivity index (χ3v) is 6.58. The quantitative estimate of drug-likeness (QED) is 0.374. The summed E-state index contributed by atoms with van der Waals surface area (Å²) in [5.41, 5.74) is 1.18. The molecular formula is C17H18ClNO2S3. The molecule has 0 saturated carbocycles. The van der Waals surface area contributed by atoms with Crippen molar-refractivity contribution in [3.63, 3.8) is 0 Å². The molecule has 1 atom stereocenters. The molecule has 3 nitrogen and oxygen atoms in total. The van der Waals surface area contributed by atoms with Gasteiger partial charge in [0.25, 0.3) is 0 Å². The second-order valence-electron chi connectivity index (χ2n) is 5.41. The molecule has 128 valence electrons. The maximum Gasteiger partial charge on any atom is 0.176 e. The van der Waals surface area contributed by atoms with Gasteiger partial charge in [0.05, 0.1) is 14.5 Å². The summed E-state index contributed by atoms with van der Waals surface area (Å²) in [6.45, 7) is 2.52. The van der Waals surface area contributed by atoms with E-state index >= 15 is 0 Å². The van der Waals surface area contributed by atoms with Gasteiger partial charge in [-0.3, -0.25) is 0 Å². The Morgan fingerprint density at radius 3 is 2.92 bits per heavy atom. The molecule has 0 fully saturated rings. The molecule has 0 saturated heterocycles. The maximum absolute atomic E-state index is 6.24. The van der Waals surface area contributed by atoms with Gasteiger partial charge in [-0.2, -0.15) is 0 Å². The number of ether oxygens (including phenoxy) is 2. The lowest BCUT2D eigenvalue weighted by molar-refractivity contribution is 0.188. The zero-order valence-corrected chi connectivity index (χ0v) is 16.4. The molecule has 1 aliphatic rings. The van der Waals surface area contributed by atoms with Crippen molar-refractivity contribution < 1.29 is 9.47 Å². The summed E-state index contributed by atoms with van der Waals surface area (Å²) in [4.78, 5) is 0. The Bertz CT molecular complexity index is 692. The van der Waals surface area contributed by atoms with Crippen LogP contribution < -0.4 is 4.74 Å². The Balaban J connectivity index is 1.75. The predicted molar refractivity (Wildman–Crippen MR) is 106 cm³/mol. The molecule has 0 spiro atoms. The average molecular weight is 400 g/mol. The van der Waals surface area contributed by atoms with Crippen molar-refractivity contribution in [1.29, 1.82) is 0 Å². The van der Waals surface area contributed by atoms with Crippen LogP contribution in [-0.2, 0) is 4.74 Å². The van der Waals surface area contributed by atoms with Crippen LogP contribution in [-0.4, -0.2) is 36.2 Å². The third kappa shape index (κ3) is 4.50. The van der Waals surface area contributed by atoms with Crippen molar-refractivity contribution >= 4 is 52.2 Å². The molecule has 2 heterocycles. The summed E-state index contributed by atoms with van der Waals surface area (Å²) in [5, 5.41) is 0.592. The molecule has 1 aliphatic heterocycles. The fourth-order valence-electron chi connectivity index (χ4n) is 2.53. The van der Waals surface area contributed by atoms with Crippen molar-refractivity contribution in [3.05, 3.63) is 46.3 Å². The van der Waals surface area contributed by atoms with Gasteiger partial charge in [0.1, 0.15) is 5.75 Å². The zero-order chi connectivity index (χ0) is 16.9. The van der Waals surface area contributed by atoms with E-state index in [0.29, 0.717) is 5.05 Å². The topological polar surface area (TPSA) is 21.7 Å². The fraction of sp³-hybridized carbons (Fsp3) is 0.353. The van der Waals surface area contributed by atoms with Gasteiger partial charge in [-0.1, -0.05) is 29.8 Å². The number of benzene rings is 1. The lowest BCUT2D eigenvalue weighted by Gasteiger charge is -2.31. The highest BCUT2D eigenvalue weighted by molar-refractivity contribution is 7.99. The van der Waals surface area contributed by atoms with Crippen molar-refractivity contribution in [2.75, 3.05) is 26.8 Å². The number of para-hydroxylation sites is 1. The van der Waals surface area contributed by atoms with Crippen LogP contribution in [0.2, 0.25) is 4.34 Å². The first-order valence-electron chi connectivity index (χ1n) is 7.65. The van der Waals surface area contributed by atoms with E-state index in [2.05, 4.69) is 4.31 Å². The Labute approximate surface area is 161 Å². The molecule has 0 amide bonds. The third-order valence-electron chi connectivity index (χ3n) is 3.67. The normalized spacial score (nSPS) is 17.5. The number of rotatable bonds is 6. The van der Waals surface area contributed by atoms with Gasteiger partial charge in [0.15, 0.2) is 5.05 Å². The van der Waals surface area contributed by atoms with Gasteiger partial charge in [-0.15, -0.1) is 11.3 Å². The number of hydrogen-bond acceptors (Lipinski definition) is 6. The first-order chi connectivity index (χ1) is 11.7. The number of thiophene rings is 1. The Hall–Kier alpha value is -0.630. The molecule has 24 heavy (non-hydrogen) atoms. The molecule has 0 bridgehead atoms. The molecule has 2 aromatic rings. The van der Waals surface area contributed by atoms with E-state index in [-0.39, 0.29) is 5.92 Å². The maximum atomic E-state index is 6.24. The predicted octanol–water partition coefficient (Wildman–Crippen LogP) is 5.25. The Kier molecular flexibility index (Phi) is 6.55. The van der Waals surface area contributed by atoms with Crippen molar-refractivity contribution in [2.45, 2.75) is 16.5 Å². The fourth-order valence-corrected chi connectivity index (χ4v) is 5.71. The Morgan fingerprint density at radius 2 is 2.17 bits per heavy atom. The average Bonchev–Trinajstić information content (AvgIpc) is 2.95. The Morgan fingerprint density at radius 1 is 1.38 bits per heavy atom. The van der Waals surface area contributed by atoms with E-state index in [4.69, 9.17) is 33.3 Å². The molecule has 0 aliphatic carbocycles. The minimum Gasteiger partial charge on any atom is -0.450 e. The standard InChI is InChI=1S/C17H18ClNO2S3/c1-20-9-5-8-19-11-14(13-10-15(18)23-17(13)24-19)16(22)21-12-6-3-2-4-7-12/h2-4,6-7,10,14H,5,8-9,11H2,1H3. The van der Waals surface area contributed by atoms with Gasteiger partial charge >= 0.3 is 0 Å². The van der Waals surface area contributed by atoms with Gasteiger partial charge in [-0.05, 0) is 54.3 Å². The van der Waals surface area contributed by atoms with Crippen LogP contribution in [0.5, 0.6) is 5.75 Å². The zero-order valence-electron chi connectivity index (χ0n) is 13.2. The van der Waals surface area contributed by atoms with Crippen LogP contribution in [0.25, 0.3) is 0 Å². The van der Waals surface area contributed by atoms with Crippen LogP contribution in [0.3, 0.4) is 0 Å². The summed E-state index contributed by atoms with van der Waals surface area (Å²) >= 11 is 15.2. The molecular weight excluding hydrogens is 382 g/mol. The minimum atomic E-state index is 0.0442. The molecule has 1 aromatic heterocycles. The lowest BCUT2D eigenvalue weighted by atomic mass is 10.0. The number of halogens is 1. The SMILES string of the molecule is COCCCN1CC(C(=S)Oc2ccccc2)c2cc(Cl)sc2S1. The van der Waals surface area contributed by atoms with E-state index in [0.717, 1.165) is 36.2 Å². The van der Waals surface area contributed by atoms with Crippen LogP contribution in [0, 0.1) is 0 Å². The van der Waals surface area contributed by atoms with E-state index in [1.807, 2.05) is 36.4 Å². The molecule has 0 radical (unpaired) electrons. The van der Waals surface area contributed by atoms with E-state index in [1.54, 1.807) is 30.4 Å². The number of methoxy groups -OCH3 is 1. The summed E-state index contributed by atoms with van der Waals surface area (Å²) in [6, 6.07) is 11.7. The monoisotopic (exact) mass is 399 g/mol. The number of nitrogens with zero attached hydrogens (tertiary/aromatic N) is 1. The summed E-state index contributed by atoms with van der Waals surface area (Å²) < 4.78 is 15.4. The van der Waals surface area contributed by atoms with E-state index in [1.165, 1.54) is 9.77 Å². The van der Waals surface area contributed by atoms with Crippen molar-refractivity contribution in [2.24, 2.45) is 0 Å². The highest BCUT2D eigenvalue weighted by atomic mass is 35.5. The largest absolute Gasteiger partial charge is 0.450 e. The highest BCUT2D eigenvalue weighted by Gasteiger charge is 2.32.